The highest BCUT2D eigenvalue weighted by Crippen LogP contribution is 2.59. The van der Waals surface area contributed by atoms with E-state index in [-0.39, 0.29) is 17.1 Å². The molecule has 10 nitrogen and oxygen atoms in total. The van der Waals surface area contributed by atoms with Gasteiger partial charge in [-0.1, -0.05) is 53.1 Å². The molecule has 1 saturated heterocycles. The van der Waals surface area contributed by atoms with E-state index >= 15 is 0 Å². The lowest BCUT2D eigenvalue weighted by atomic mass is 9.68. The third-order valence-corrected chi connectivity index (χ3v) is 8.93. The van der Waals surface area contributed by atoms with Gasteiger partial charge in [0.2, 0.25) is 0 Å². The Kier molecular flexibility index (Phi) is 8.85. The van der Waals surface area contributed by atoms with E-state index in [9.17, 15) is 23.5 Å². The van der Waals surface area contributed by atoms with Gasteiger partial charge in [-0.05, 0) is 41.5 Å². The predicted octanol–water partition coefficient (Wildman–Crippen LogP) is 6.40. The van der Waals surface area contributed by atoms with Gasteiger partial charge in [0.05, 0.1) is 31.6 Å². The number of phosphoric ester groups is 1. The van der Waals surface area contributed by atoms with Crippen LogP contribution in [0.15, 0.2) is 59.8 Å². The van der Waals surface area contributed by atoms with E-state index in [0.29, 0.717) is 54.0 Å². The van der Waals surface area contributed by atoms with Crippen molar-refractivity contribution in [1.82, 2.24) is 14.1 Å². The molecule has 4 aromatic rings. The Labute approximate surface area is 266 Å². The molecule has 0 unspecified atom stereocenters. The summed E-state index contributed by atoms with van der Waals surface area (Å²) in [4.78, 5) is 40.9. The number of hydrogen-bond donors (Lipinski definition) is 2. The third kappa shape index (κ3) is 6.61. The van der Waals surface area contributed by atoms with Gasteiger partial charge in [0, 0.05) is 58.4 Å². The highest BCUT2D eigenvalue weighted by Gasteiger charge is 2.57. The number of aromatic nitrogens is 3. The molecule has 1 aliphatic heterocycles. The predicted molar refractivity (Wildman–Crippen MR) is 173 cm³/mol. The SMILES string of the molecule is CC(C)(C)C(OP(=O)(O)O)(n1cc(-c2ccn(Cc3cc(F)cc(Cl)c3)c(=O)c2)c2cc(N3CCOCC3)cnc21)C(C)(C)C. The number of anilines is 1. The summed E-state index contributed by atoms with van der Waals surface area (Å²) in [6.45, 7) is 13.8. The number of fused-ring (bicyclic) bond motifs is 1. The van der Waals surface area contributed by atoms with Gasteiger partial charge in [-0.3, -0.25) is 9.32 Å². The molecule has 5 rings (SSSR count). The first kappa shape index (κ1) is 33.3. The Bertz CT molecular complexity index is 1800. The molecule has 1 fully saturated rings. The lowest BCUT2D eigenvalue weighted by molar-refractivity contribution is -0.188. The lowest BCUT2D eigenvalue weighted by Crippen LogP contribution is -2.56. The molecule has 1 aliphatic rings. The zero-order chi connectivity index (χ0) is 32.9. The van der Waals surface area contributed by atoms with Crippen LogP contribution in [-0.4, -0.2) is 50.2 Å². The van der Waals surface area contributed by atoms with E-state index in [0.717, 1.165) is 5.69 Å². The summed E-state index contributed by atoms with van der Waals surface area (Å²) < 4.78 is 41.1. The van der Waals surface area contributed by atoms with E-state index in [4.69, 9.17) is 25.8 Å². The van der Waals surface area contributed by atoms with E-state index in [1.165, 1.54) is 22.8 Å². The molecule has 0 radical (unpaired) electrons. The second-order valence-corrected chi connectivity index (χ2v) is 15.1. The van der Waals surface area contributed by atoms with Gasteiger partial charge < -0.3 is 28.6 Å². The van der Waals surface area contributed by atoms with E-state index in [1.807, 2.05) is 47.6 Å². The van der Waals surface area contributed by atoms with Crippen LogP contribution in [0.2, 0.25) is 5.02 Å². The fourth-order valence-corrected chi connectivity index (χ4v) is 7.83. The van der Waals surface area contributed by atoms with Crippen molar-refractivity contribution in [3.05, 3.63) is 81.7 Å². The minimum atomic E-state index is -5.03. The first-order chi connectivity index (χ1) is 20.9. The Hall–Kier alpha value is -3.05. The van der Waals surface area contributed by atoms with Crippen molar-refractivity contribution in [2.75, 3.05) is 31.2 Å². The standard InChI is InChI=1S/C32H39ClFN4O6P/c1-30(2,3)32(31(4,5)6,44-45(40,41)42)38-20-27(26-17-25(18-35-29(26)38)36-9-11-43-12-10-36)22-7-8-37(28(39)15-22)19-21-13-23(33)16-24(34)14-21/h7-8,13-18,20H,9-12,19H2,1-6H3,(H2,40,41,42). The zero-order valence-corrected chi connectivity index (χ0v) is 27.9. The molecule has 0 saturated carbocycles. The van der Waals surface area contributed by atoms with Crippen LogP contribution < -0.4 is 10.5 Å². The Balaban J connectivity index is 1.74. The second kappa shape index (κ2) is 12.0. The van der Waals surface area contributed by atoms with Gasteiger partial charge in [-0.25, -0.2) is 13.9 Å². The molecule has 13 heteroatoms. The molecule has 0 amide bonds. The number of ether oxygens (including phenoxy) is 1. The van der Waals surface area contributed by atoms with Crippen molar-refractivity contribution in [2.45, 2.75) is 53.8 Å². The molecule has 0 spiro atoms. The highest BCUT2D eigenvalue weighted by atomic mass is 35.5. The van der Waals surface area contributed by atoms with Crippen LogP contribution in [0.25, 0.3) is 22.2 Å². The zero-order valence-electron chi connectivity index (χ0n) is 26.3. The number of halogens is 2. The maximum atomic E-state index is 14.0. The van der Waals surface area contributed by atoms with Crippen molar-refractivity contribution in [1.29, 1.82) is 0 Å². The number of morpholine rings is 1. The van der Waals surface area contributed by atoms with Crippen molar-refractivity contribution >= 4 is 36.1 Å². The number of benzene rings is 1. The van der Waals surface area contributed by atoms with Crippen molar-refractivity contribution in [3.8, 4) is 11.1 Å². The molecule has 45 heavy (non-hydrogen) atoms. The highest BCUT2D eigenvalue weighted by molar-refractivity contribution is 7.46. The van der Waals surface area contributed by atoms with Gasteiger partial charge in [-0.15, -0.1) is 0 Å². The van der Waals surface area contributed by atoms with E-state index in [1.54, 1.807) is 35.3 Å². The van der Waals surface area contributed by atoms with Crippen LogP contribution in [0.4, 0.5) is 10.1 Å². The third-order valence-electron chi connectivity index (χ3n) is 8.21. The maximum absolute atomic E-state index is 14.0. The fourth-order valence-electron chi connectivity index (χ4n) is 6.60. The monoisotopic (exact) mass is 660 g/mol. The van der Waals surface area contributed by atoms with Gasteiger partial charge in [0.25, 0.3) is 5.56 Å². The quantitative estimate of drug-likeness (QED) is 0.219. The molecule has 3 aromatic heterocycles. The largest absolute Gasteiger partial charge is 0.471 e. The smallest absolute Gasteiger partial charge is 0.378 e. The van der Waals surface area contributed by atoms with Crippen LogP contribution in [0.1, 0.15) is 47.1 Å². The molecule has 0 aliphatic carbocycles. The van der Waals surface area contributed by atoms with Crippen molar-refractivity contribution in [2.24, 2.45) is 10.8 Å². The minimum absolute atomic E-state index is 0.119. The average molecular weight is 661 g/mol. The first-order valence-corrected chi connectivity index (χ1v) is 16.6. The van der Waals surface area contributed by atoms with Crippen LogP contribution in [-0.2, 0) is 26.1 Å². The van der Waals surface area contributed by atoms with Crippen LogP contribution >= 0.6 is 19.4 Å². The van der Waals surface area contributed by atoms with Crippen molar-refractivity contribution < 1.29 is 28.0 Å². The normalized spacial score (nSPS) is 15.2. The minimum Gasteiger partial charge on any atom is -0.378 e. The summed E-state index contributed by atoms with van der Waals surface area (Å²) >= 11 is 6.02. The number of pyridine rings is 2. The summed E-state index contributed by atoms with van der Waals surface area (Å²) in [7, 11) is -5.03. The number of phosphoric acid groups is 1. The molecule has 4 heterocycles. The molecular weight excluding hydrogens is 622 g/mol. The lowest BCUT2D eigenvalue weighted by Gasteiger charge is -2.53. The summed E-state index contributed by atoms with van der Waals surface area (Å²) in [5.74, 6) is -0.489. The summed E-state index contributed by atoms with van der Waals surface area (Å²) in [6, 6.07) is 9.39. The van der Waals surface area contributed by atoms with E-state index in [2.05, 4.69) is 4.90 Å². The topological polar surface area (TPSA) is 119 Å². The Morgan fingerprint density at radius 2 is 1.71 bits per heavy atom. The summed E-state index contributed by atoms with van der Waals surface area (Å²) in [5, 5.41) is 0.921. The maximum Gasteiger partial charge on any atom is 0.471 e. The fraction of sp³-hybridized carbons (Fsp3) is 0.438. The molecule has 0 atom stereocenters. The molecule has 2 N–H and O–H groups in total. The Morgan fingerprint density at radius 1 is 1.04 bits per heavy atom. The molecule has 0 bridgehead atoms. The molecule has 1 aromatic carbocycles. The number of rotatable bonds is 7. The number of nitrogens with zero attached hydrogens (tertiary/aromatic N) is 4. The van der Waals surface area contributed by atoms with Gasteiger partial charge in [0.15, 0.2) is 5.72 Å². The summed E-state index contributed by atoms with van der Waals surface area (Å²) in [6.07, 6.45) is 5.13. The van der Waals surface area contributed by atoms with Crippen LogP contribution in [0.5, 0.6) is 0 Å². The van der Waals surface area contributed by atoms with Gasteiger partial charge >= 0.3 is 7.82 Å². The second-order valence-electron chi connectivity index (χ2n) is 13.5. The molecular formula is C32H39ClFN4O6P. The molecule has 242 valence electrons. The first-order valence-electron chi connectivity index (χ1n) is 14.7. The summed E-state index contributed by atoms with van der Waals surface area (Å²) in [5.41, 5.74) is -0.562. The van der Waals surface area contributed by atoms with Gasteiger partial charge in [0.1, 0.15) is 11.5 Å². The Morgan fingerprint density at radius 3 is 2.29 bits per heavy atom. The number of hydrogen-bond acceptors (Lipinski definition) is 6. The van der Waals surface area contributed by atoms with Gasteiger partial charge in [-0.2, -0.15) is 0 Å². The van der Waals surface area contributed by atoms with E-state index < -0.39 is 30.2 Å². The average Bonchev–Trinajstić information content (AvgIpc) is 3.30. The van der Waals surface area contributed by atoms with Crippen LogP contribution in [0.3, 0.4) is 0 Å². The van der Waals surface area contributed by atoms with Crippen molar-refractivity contribution in [3.63, 3.8) is 0 Å². The van der Waals surface area contributed by atoms with Crippen LogP contribution in [0, 0.1) is 16.6 Å².